The van der Waals surface area contributed by atoms with E-state index < -0.39 is 6.10 Å². The Hall–Kier alpha value is -2.13. The SMILES string of the molecule is CNC(=O)C1CN(c2cccc(C#N)n2)CCO1. The van der Waals surface area contributed by atoms with Gasteiger partial charge in [-0.3, -0.25) is 4.79 Å². The van der Waals surface area contributed by atoms with Crippen molar-refractivity contribution in [1.82, 2.24) is 10.3 Å². The number of carbonyl (C=O) groups excluding carboxylic acids is 1. The van der Waals surface area contributed by atoms with Gasteiger partial charge in [-0.15, -0.1) is 0 Å². The Labute approximate surface area is 105 Å². The van der Waals surface area contributed by atoms with E-state index in [1.165, 1.54) is 0 Å². The van der Waals surface area contributed by atoms with Crippen molar-refractivity contribution >= 4 is 11.7 Å². The fraction of sp³-hybridized carbons (Fsp3) is 0.417. The van der Waals surface area contributed by atoms with E-state index in [0.717, 1.165) is 0 Å². The summed E-state index contributed by atoms with van der Waals surface area (Å²) in [5.41, 5.74) is 0.371. The molecule has 2 heterocycles. The number of nitrogens with zero attached hydrogens (tertiary/aromatic N) is 3. The minimum atomic E-state index is -0.490. The fourth-order valence-electron chi connectivity index (χ4n) is 1.84. The molecule has 1 atom stereocenters. The highest BCUT2D eigenvalue weighted by Gasteiger charge is 2.26. The molecule has 1 aromatic heterocycles. The monoisotopic (exact) mass is 246 g/mol. The second-order valence-corrected chi connectivity index (χ2v) is 3.91. The summed E-state index contributed by atoms with van der Waals surface area (Å²) >= 11 is 0. The second kappa shape index (κ2) is 5.47. The Morgan fingerprint density at radius 3 is 3.22 bits per heavy atom. The van der Waals surface area contributed by atoms with E-state index in [1.807, 2.05) is 17.0 Å². The second-order valence-electron chi connectivity index (χ2n) is 3.91. The third-order valence-electron chi connectivity index (χ3n) is 2.78. The number of nitrogens with one attached hydrogen (secondary N) is 1. The first-order valence-electron chi connectivity index (χ1n) is 5.70. The molecular formula is C12H14N4O2. The van der Waals surface area contributed by atoms with Crippen LogP contribution in [0.5, 0.6) is 0 Å². The van der Waals surface area contributed by atoms with Crippen LogP contribution in [0.2, 0.25) is 0 Å². The summed E-state index contributed by atoms with van der Waals surface area (Å²) in [5.74, 6) is 0.558. The van der Waals surface area contributed by atoms with Crippen molar-refractivity contribution in [1.29, 1.82) is 5.26 Å². The molecule has 18 heavy (non-hydrogen) atoms. The van der Waals surface area contributed by atoms with Crippen LogP contribution in [0.3, 0.4) is 0 Å². The van der Waals surface area contributed by atoms with Crippen molar-refractivity contribution < 1.29 is 9.53 Å². The number of hydrogen-bond donors (Lipinski definition) is 1. The van der Waals surface area contributed by atoms with Gasteiger partial charge in [0.1, 0.15) is 17.6 Å². The van der Waals surface area contributed by atoms with Gasteiger partial charge in [0.2, 0.25) is 0 Å². The minimum absolute atomic E-state index is 0.142. The topological polar surface area (TPSA) is 78.3 Å². The first-order chi connectivity index (χ1) is 8.74. The standard InChI is InChI=1S/C12H14N4O2/c1-14-12(17)10-8-16(5-6-18-10)11-4-2-3-9(7-13)15-11/h2-4,10H,5-6,8H2,1H3,(H,14,17). The van der Waals surface area contributed by atoms with Crippen molar-refractivity contribution in [3.8, 4) is 6.07 Å². The minimum Gasteiger partial charge on any atom is -0.365 e. The Morgan fingerprint density at radius 1 is 1.67 bits per heavy atom. The Balaban J connectivity index is 2.13. The van der Waals surface area contributed by atoms with Crippen molar-refractivity contribution in [3.05, 3.63) is 23.9 Å². The van der Waals surface area contributed by atoms with Crippen LogP contribution >= 0.6 is 0 Å². The fourth-order valence-corrected chi connectivity index (χ4v) is 1.84. The molecule has 1 N–H and O–H groups in total. The molecule has 6 nitrogen and oxygen atoms in total. The van der Waals surface area contributed by atoms with Gasteiger partial charge in [-0.2, -0.15) is 5.26 Å². The van der Waals surface area contributed by atoms with Crippen molar-refractivity contribution in [2.75, 3.05) is 31.6 Å². The normalized spacial score (nSPS) is 19.1. The van der Waals surface area contributed by atoms with Gasteiger partial charge < -0.3 is 15.0 Å². The maximum Gasteiger partial charge on any atom is 0.250 e. The maximum atomic E-state index is 11.5. The maximum absolute atomic E-state index is 11.5. The number of nitriles is 1. The molecule has 0 radical (unpaired) electrons. The van der Waals surface area contributed by atoms with E-state index in [2.05, 4.69) is 10.3 Å². The first-order valence-corrected chi connectivity index (χ1v) is 5.70. The first kappa shape index (κ1) is 12.3. The molecule has 1 aromatic rings. The van der Waals surface area contributed by atoms with Crippen LogP contribution in [0.25, 0.3) is 0 Å². The highest BCUT2D eigenvalue weighted by atomic mass is 16.5. The van der Waals surface area contributed by atoms with Gasteiger partial charge in [0.25, 0.3) is 5.91 Å². The summed E-state index contributed by atoms with van der Waals surface area (Å²) in [6.07, 6.45) is -0.490. The van der Waals surface area contributed by atoms with Gasteiger partial charge in [-0.1, -0.05) is 6.07 Å². The number of likely N-dealkylation sites (N-methyl/N-ethyl adjacent to an activating group) is 1. The molecule has 0 aliphatic carbocycles. The highest BCUT2D eigenvalue weighted by molar-refractivity contribution is 5.81. The molecule has 2 rings (SSSR count). The zero-order valence-electron chi connectivity index (χ0n) is 10.1. The summed E-state index contributed by atoms with van der Waals surface area (Å²) in [5, 5.41) is 11.4. The van der Waals surface area contributed by atoms with Gasteiger partial charge in [0, 0.05) is 13.6 Å². The number of morpholine rings is 1. The number of pyridine rings is 1. The van der Waals surface area contributed by atoms with Crippen molar-refractivity contribution in [2.24, 2.45) is 0 Å². The molecule has 6 heteroatoms. The summed E-state index contributed by atoms with van der Waals surface area (Å²) in [6, 6.07) is 7.27. The van der Waals surface area contributed by atoms with Gasteiger partial charge in [-0.25, -0.2) is 4.98 Å². The summed E-state index contributed by atoms with van der Waals surface area (Å²) < 4.78 is 5.39. The predicted molar refractivity (Wildman–Crippen MR) is 65.0 cm³/mol. The number of aromatic nitrogens is 1. The zero-order valence-corrected chi connectivity index (χ0v) is 10.1. The van der Waals surface area contributed by atoms with Crippen LogP contribution in [0.1, 0.15) is 5.69 Å². The third kappa shape index (κ3) is 2.57. The van der Waals surface area contributed by atoms with E-state index in [-0.39, 0.29) is 5.91 Å². The number of ether oxygens (including phenoxy) is 1. The lowest BCUT2D eigenvalue weighted by molar-refractivity contribution is -0.132. The van der Waals surface area contributed by atoms with Crippen LogP contribution < -0.4 is 10.2 Å². The molecule has 0 aromatic carbocycles. The molecule has 0 saturated carbocycles. The number of hydrogen-bond acceptors (Lipinski definition) is 5. The van der Waals surface area contributed by atoms with Gasteiger partial charge >= 0.3 is 0 Å². The summed E-state index contributed by atoms with van der Waals surface area (Å²) in [6.45, 7) is 1.58. The average molecular weight is 246 g/mol. The molecule has 1 aliphatic heterocycles. The molecule has 0 spiro atoms. The summed E-state index contributed by atoms with van der Waals surface area (Å²) in [7, 11) is 1.58. The summed E-state index contributed by atoms with van der Waals surface area (Å²) in [4.78, 5) is 17.7. The molecule has 1 amide bonds. The third-order valence-corrected chi connectivity index (χ3v) is 2.78. The average Bonchev–Trinajstić information content (AvgIpc) is 2.46. The quantitative estimate of drug-likeness (QED) is 0.788. The Morgan fingerprint density at radius 2 is 2.50 bits per heavy atom. The van der Waals surface area contributed by atoms with E-state index >= 15 is 0 Å². The number of anilines is 1. The van der Waals surface area contributed by atoms with Crippen LogP contribution in [0, 0.1) is 11.3 Å². The van der Waals surface area contributed by atoms with Crippen LogP contribution in [0.15, 0.2) is 18.2 Å². The van der Waals surface area contributed by atoms with Crippen molar-refractivity contribution in [3.63, 3.8) is 0 Å². The van der Waals surface area contributed by atoms with E-state index in [9.17, 15) is 4.79 Å². The zero-order chi connectivity index (χ0) is 13.0. The van der Waals surface area contributed by atoms with E-state index in [1.54, 1.807) is 19.2 Å². The number of rotatable bonds is 2. The number of amides is 1. The molecule has 1 unspecified atom stereocenters. The van der Waals surface area contributed by atoms with Gasteiger partial charge in [-0.05, 0) is 12.1 Å². The molecule has 1 saturated heterocycles. The molecule has 1 aliphatic rings. The van der Waals surface area contributed by atoms with Gasteiger partial charge in [0.15, 0.2) is 6.10 Å². The lowest BCUT2D eigenvalue weighted by Crippen LogP contribution is -2.49. The van der Waals surface area contributed by atoms with Gasteiger partial charge in [0.05, 0.1) is 13.2 Å². The van der Waals surface area contributed by atoms with E-state index in [4.69, 9.17) is 10.00 Å². The Kier molecular flexibility index (Phi) is 3.75. The molecule has 1 fully saturated rings. The van der Waals surface area contributed by atoms with E-state index in [0.29, 0.717) is 31.2 Å². The van der Waals surface area contributed by atoms with Crippen molar-refractivity contribution in [2.45, 2.75) is 6.10 Å². The molecule has 94 valence electrons. The lowest BCUT2D eigenvalue weighted by Gasteiger charge is -2.32. The molecule has 0 bridgehead atoms. The molecular weight excluding hydrogens is 232 g/mol. The largest absolute Gasteiger partial charge is 0.365 e. The lowest BCUT2D eigenvalue weighted by atomic mass is 10.2. The van der Waals surface area contributed by atoms with Crippen LogP contribution in [0.4, 0.5) is 5.82 Å². The predicted octanol–water partition coefficient (Wildman–Crippen LogP) is -0.0955. The van der Waals surface area contributed by atoms with Crippen LogP contribution in [-0.4, -0.2) is 43.7 Å². The van der Waals surface area contributed by atoms with Crippen LogP contribution in [-0.2, 0) is 9.53 Å². The smallest absolute Gasteiger partial charge is 0.250 e. The highest BCUT2D eigenvalue weighted by Crippen LogP contribution is 2.15. The Bertz CT molecular complexity index is 483. The number of carbonyl (C=O) groups is 1.